The van der Waals surface area contributed by atoms with E-state index in [1.54, 1.807) is 0 Å². The van der Waals surface area contributed by atoms with Gasteiger partial charge in [0.05, 0.1) is 12.7 Å². The third-order valence-corrected chi connectivity index (χ3v) is 3.86. The summed E-state index contributed by atoms with van der Waals surface area (Å²) in [6.45, 7) is 9.34. The van der Waals surface area contributed by atoms with Crippen LogP contribution >= 0.6 is 0 Å². The Kier molecular flexibility index (Phi) is 3.27. The lowest BCUT2D eigenvalue weighted by atomic mass is 10.0. The smallest absolute Gasteiger partial charge is 0.0723 e. The van der Waals surface area contributed by atoms with Gasteiger partial charge in [-0.05, 0) is 37.0 Å². The predicted octanol–water partition coefficient (Wildman–Crippen LogP) is 2.08. The second kappa shape index (κ2) is 4.90. The summed E-state index contributed by atoms with van der Waals surface area (Å²) in [5.74, 6) is 0. The zero-order valence-electron chi connectivity index (χ0n) is 11.3. The van der Waals surface area contributed by atoms with Crippen LogP contribution in [0.2, 0.25) is 0 Å². The Labute approximate surface area is 109 Å². The highest BCUT2D eigenvalue weighted by molar-refractivity contribution is 5.66. The van der Waals surface area contributed by atoms with Gasteiger partial charge in [-0.2, -0.15) is 0 Å². The molecule has 0 bridgehead atoms. The van der Waals surface area contributed by atoms with Crippen LogP contribution in [-0.4, -0.2) is 25.7 Å². The van der Waals surface area contributed by atoms with Gasteiger partial charge in [0, 0.05) is 31.9 Å². The van der Waals surface area contributed by atoms with Crippen molar-refractivity contribution in [1.82, 2.24) is 5.32 Å². The SMILES string of the molecule is CC(C)OCc1ccc2c3c1CCN3CCNC2. The van der Waals surface area contributed by atoms with E-state index in [1.165, 1.54) is 35.3 Å². The Balaban J connectivity index is 1.93. The third-order valence-electron chi connectivity index (χ3n) is 3.86. The number of nitrogens with zero attached hydrogens (tertiary/aromatic N) is 1. The Hall–Kier alpha value is -1.06. The summed E-state index contributed by atoms with van der Waals surface area (Å²) in [7, 11) is 0. The molecule has 0 saturated carbocycles. The van der Waals surface area contributed by atoms with Crippen LogP contribution in [0, 0.1) is 0 Å². The van der Waals surface area contributed by atoms with E-state index < -0.39 is 0 Å². The molecule has 1 N–H and O–H groups in total. The number of rotatable bonds is 3. The van der Waals surface area contributed by atoms with Crippen LogP contribution < -0.4 is 10.2 Å². The number of benzene rings is 1. The summed E-state index contributed by atoms with van der Waals surface area (Å²) in [6.07, 6.45) is 1.48. The number of hydrogen-bond donors (Lipinski definition) is 1. The Morgan fingerprint density at radius 1 is 1.33 bits per heavy atom. The first-order valence-electron chi connectivity index (χ1n) is 6.96. The summed E-state index contributed by atoms with van der Waals surface area (Å²) in [4.78, 5) is 2.53. The first kappa shape index (κ1) is 12.0. The van der Waals surface area contributed by atoms with Gasteiger partial charge in [0.1, 0.15) is 0 Å². The first-order chi connectivity index (χ1) is 8.75. The summed E-state index contributed by atoms with van der Waals surface area (Å²) in [5, 5.41) is 3.49. The van der Waals surface area contributed by atoms with Crippen molar-refractivity contribution < 1.29 is 4.74 Å². The van der Waals surface area contributed by atoms with E-state index in [0.717, 1.165) is 26.2 Å². The van der Waals surface area contributed by atoms with Crippen molar-refractivity contribution in [2.24, 2.45) is 0 Å². The standard InChI is InChI=1S/C15H22N2O/c1-11(2)18-10-13-4-3-12-9-16-6-8-17-7-5-14(13)15(12)17/h3-4,11,16H,5-10H2,1-2H3. The maximum Gasteiger partial charge on any atom is 0.0723 e. The van der Waals surface area contributed by atoms with Gasteiger partial charge in [-0.1, -0.05) is 12.1 Å². The largest absolute Gasteiger partial charge is 0.374 e. The molecule has 0 unspecified atom stereocenters. The molecule has 3 heteroatoms. The van der Waals surface area contributed by atoms with Crippen LogP contribution in [0.15, 0.2) is 12.1 Å². The molecule has 0 aliphatic carbocycles. The zero-order valence-corrected chi connectivity index (χ0v) is 11.3. The van der Waals surface area contributed by atoms with Crippen LogP contribution in [0.3, 0.4) is 0 Å². The topological polar surface area (TPSA) is 24.5 Å². The van der Waals surface area contributed by atoms with Crippen molar-refractivity contribution in [3.05, 3.63) is 28.8 Å². The van der Waals surface area contributed by atoms with E-state index in [0.29, 0.717) is 6.10 Å². The molecule has 0 aromatic heterocycles. The van der Waals surface area contributed by atoms with E-state index in [9.17, 15) is 0 Å². The van der Waals surface area contributed by atoms with E-state index in [-0.39, 0.29) is 0 Å². The van der Waals surface area contributed by atoms with Crippen molar-refractivity contribution in [3.8, 4) is 0 Å². The molecule has 3 nitrogen and oxygen atoms in total. The lowest BCUT2D eigenvalue weighted by molar-refractivity contribution is 0.0653. The molecular formula is C15H22N2O. The molecule has 0 amide bonds. The van der Waals surface area contributed by atoms with E-state index >= 15 is 0 Å². The van der Waals surface area contributed by atoms with Gasteiger partial charge < -0.3 is 15.0 Å². The molecule has 3 rings (SSSR count). The van der Waals surface area contributed by atoms with Crippen molar-refractivity contribution in [2.75, 3.05) is 24.5 Å². The second-order valence-electron chi connectivity index (χ2n) is 5.48. The van der Waals surface area contributed by atoms with Crippen LogP contribution in [-0.2, 0) is 24.3 Å². The summed E-state index contributed by atoms with van der Waals surface area (Å²) in [6, 6.07) is 4.53. The van der Waals surface area contributed by atoms with Gasteiger partial charge in [0.2, 0.25) is 0 Å². The van der Waals surface area contributed by atoms with Crippen LogP contribution in [0.4, 0.5) is 5.69 Å². The normalized spacial score (nSPS) is 18.1. The minimum absolute atomic E-state index is 0.301. The minimum Gasteiger partial charge on any atom is -0.374 e. The molecule has 2 aliphatic heterocycles. The van der Waals surface area contributed by atoms with Gasteiger partial charge in [0.25, 0.3) is 0 Å². The maximum absolute atomic E-state index is 5.78. The zero-order chi connectivity index (χ0) is 12.5. The highest BCUT2D eigenvalue weighted by Crippen LogP contribution is 2.35. The maximum atomic E-state index is 5.78. The van der Waals surface area contributed by atoms with Crippen molar-refractivity contribution in [1.29, 1.82) is 0 Å². The molecule has 0 atom stereocenters. The number of anilines is 1. The molecule has 1 aromatic rings. The molecule has 1 aromatic carbocycles. The average Bonchev–Trinajstić information content (AvgIpc) is 2.66. The van der Waals surface area contributed by atoms with Crippen molar-refractivity contribution in [2.45, 2.75) is 39.5 Å². The highest BCUT2D eigenvalue weighted by Gasteiger charge is 2.26. The fourth-order valence-corrected chi connectivity index (χ4v) is 2.95. The number of ether oxygens (including phenoxy) is 1. The molecular weight excluding hydrogens is 224 g/mol. The summed E-state index contributed by atoms with van der Waals surface area (Å²) in [5.41, 5.74) is 5.85. The molecule has 0 radical (unpaired) electrons. The average molecular weight is 246 g/mol. The number of nitrogens with one attached hydrogen (secondary N) is 1. The van der Waals surface area contributed by atoms with E-state index in [2.05, 4.69) is 36.2 Å². The first-order valence-corrected chi connectivity index (χ1v) is 6.96. The molecule has 2 heterocycles. The Bertz CT molecular complexity index is 442. The molecule has 2 aliphatic rings. The van der Waals surface area contributed by atoms with Gasteiger partial charge in [0.15, 0.2) is 0 Å². The monoisotopic (exact) mass is 246 g/mol. The lowest BCUT2D eigenvalue weighted by Crippen LogP contribution is -2.27. The fraction of sp³-hybridized carbons (Fsp3) is 0.600. The van der Waals surface area contributed by atoms with E-state index in [4.69, 9.17) is 4.74 Å². The van der Waals surface area contributed by atoms with Crippen LogP contribution in [0.5, 0.6) is 0 Å². The van der Waals surface area contributed by atoms with Crippen LogP contribution in [0.1, 0.15) is 30.5 Å². The van der Waals surface area contributed by atoms with Gasteiger partial charge in [-0.15, -0.1) is 0 Å². The molecule has 0 saturated heterocycles. The molecule has 0 spiro atoms. The predicted molar refractivity (Wildman–Crippen MR) is 74.0 cm³/mol. The Morgan fingerprint density at radius 2 is 2.22 bits per heavy atom. The van der Waals surface area contributed by atoms with Crippen molar-refractivity contribution in [3.63, 3.8) is 0 Å². The molecule has 18 heavy (non-hydrogen) atoms. The third kappa shape index (κ3) is 2.13. The van der Waals surface area contributed by atoms with E-state index in [1.807, 2.05) is 0 Å². The number of hydrogen-bond acceptors (Lipinski definition) is 3. The summed E-state index contributed by atoms with van der Waals surface area (Å²) < 4.78 is 5.78. The van der Waals surface area contributed by atoms with Crippen LogP contribution in [0.25, 0.3) is 0 Å². The summed E-state index contributed by atoms with van der Waals surface area (Å²) >= 11 is 0. The molecule has 98 valence electrons. The quantitative estimate of drug-likeness (QED) is 0.883. The highest BCUT2D eigenvalue weighted by atomic mass is 16.5. The van der Waals surface area contributed by atoms with Gasteiger partial charge in [-0.25, -0.2) is 0 Å². The van der Waals surface area contributed by atoms with Gasteiger partial charge in [-0.3, -0.25) is 0 Å². The Morgan fingerprint density at radius 3 is 3.06 bits per heavy atom. The van der Waals surface area contributed by atoms with Gasteiger partial charge >= 0.3 is 0 Å². The fourth-order valence-electron chi connectivity index (χ4n) is 2.95. The minimum atomic E-state index is 0.301. The van der Waals surface area contributed by atoms with Crippen molar-refractivity contribution >= 4 is 5.69 Å². The second-order valence-corrected chi connectivity index (χ2v) is 5.48. The molecule has 0 fully saturated rings. The lowest BCUT2D eigenvalue weighted by Gasteiger charge is -2.19.